The van der Waals surface area contributed by atoms with Crippen LogP contribution in [0.15, 0.2) is 48.5 Å². The number of hydrogen-bond donors (Lipinski definition) is 4. The predicted molar refractivity (Wildman–Crippen MR) is 151 cm³/mol. The molecule has 3 aromatic carbocycles. The van der Waals surface area contributed by atoms with Crippen LogP contribution in [0.2, 0.25) is 10.0 Å². The fraction of sp³-hybridized carbons (Fsp3) is 0.310. The molecule has 6 rings (SSSR count). The van der Waals surface area contributed by atoms with Crippen LogP contribution in [-0.4, -0.2) is 41.3 Å². The number of amides is 1. The van der Waals surface area contributed by atoms with Crippen molar-refractivity contribution in [3.8, 4) is 0 Å². The summed E-state index contributed by atoms with van der Waals surface area (Å²) in [6, 6.07) is 11.3. The number of benzene rings is 3. The maximum Gasteiger partial charge on any atom is 0.338 e. The van der Waals surface area contributed by atoms with Crippen LogP contribution < -0.4 is 16.4 Å². The molecule has 210 valence electrons. The van der Waals surface area contributed by atoms with E-state index in [9.17, 15) is 14.8 Å². The summed E-state index contributed by atoms with van der Waals surface area (Å²) in [5, 5.41) is 19.6. The van der Waals surface area contributed by atoms with E-state index in [2.05, 4.69) is 10.6 Å². The number of hydrogen-bond acceptors (Lipinski definition) is 7. The van der Waals surface area contributed by atoms with Crippen LogP contribution in [0.4, 0.5) is 15.8 Å². The molecule has 3 aliphatic heterocycles. The number of rotatable bonds is 3. The zero-order chi connectivity index (χ0) is 27.8. The van der Waals surface area contributed by atoms with Crippen LogP contribution >= 0.6 is 23.2 Å². The Morgan fingerprint density at radius 3 is 2.67 bits per heavy atom. The number of ether oxygens (including phenoxy) is 1. The molecule has 8 nitrogen and oxygen atoms in total. The Labute approximate surface area is 241 Å². The average molecular weight is 587 g/mol. The van der Waals surface area contributed by atoms with Gasteiger partial charge in [-0.05, 0) is 54.3 Å². The van der Waals surface area contributed by atoms with Gasteiger partial charge in [-0.15, -0.1) is 0 Å². The Balaban J connectivity index is 0.00000323. The number of hydroxylamine groups is 2. The number of anilines is 2. The van der Waals surface area contributed by atoms with Crippen molar-refractivity contribution in [2.45, 2.75) is 50.4 Å². The van der Waals surface area contributed by atoms with Gasteiger partial charge in [-0.2, -0.15) is 5.06 Å². The van der Waals surface area contributed by atoms with Crippen LogP contribution in [0.3, 0.4) is 0 Å². The molecule has 40 heavy (non-hydrogen) atoms. The Kier molecular flexibility index (Phi) is 7.09. The van der Waals surface area contributed by atoms with Crippen LogP contribution in [-0.2, 0) is 15.1 Å². The Morgan fingerprint density at radius 2 is 1.95 bits per heavy atom. The number of esters is 1. The lowest BCUT2D eigenvalue weighted by Gasteiger charge is -2.36. The quantitative estimate of drug-likeness (QED) is 0.235. The molecule has 0 aliphatic carbocycles. The number of halogens is 3. The third kappa shape index (κ3) is 3.83. The minimum Gasteiger partial charge on any atom is -0.465 e. The number of fused-ring (bicyclic) bond motifs is 3. The first-order valence-electron chi connectivity index (χ1n) is 12.4. The first-order valence-corrected chi connectivity index (χ1v) is 13.1. The van der Waals surface area contributed by atoms with E-state index in [1.54, 1.807) is 49.4 Å². The van der Waals surface area contributed by atoms with Crippen LogP contribution in [0, 0.1) is 12.7 Å². The van der Waals surface area contributed by atoms with Gasteiger partial charge in [0.1, 0.15) is 11.4 Å². The number of nitrogen functional groups attached to an aromatic ring is 1. The minimum atomic E-state index is -1.39. The van der Waals surface area contributed by atoms with Gasteiger partial charge in [-0.1, -0.05) is 54.9 Å². The second-order valence-electron chi connectivity index (χ2n) is 10.2. The van der Waals surface area contributed by atoms with Crippen LogP contribution in [0.5, 0.6) is 0 Å². The molecule has 1 unspecified atom stereocenters. The van der Waals surface area contributed by atoms with Gasteiger partial charge in [0.05, 0.1) is 29.8 Å². The van der Waals surface area contributed by atoms with Gasteiger partial charge < -0.3 is 21.0 Å². The second kappa shape index (κ2) is 10.0. The highest BCUT2D eigenvalue weighted by Crippen LogP contribution is 2.58. The van der Waals surface area contributed by atoms with E-state index in [-0.39, 0.29) is 23.9 Å². The molecular formula is C29H29Cl2FN4O4. The smallest absolute Gasteiger partial charge is 0.338 e. The zero-order valence-corrected chi connectivity index (χ0v) is 22.5. The average Bonchev–Trinajstić information content (AvgIpc) is 3.50. The number of nitrogens with zero attached hydrogens (tertiary/aromatic N) is 1. The summed E-state index contributed by atoms with van der Waals surface area (Å²) >= 11 is 12.4. The highest BCUT2D eigenvalue weighted by atomic mass is 35.5. The van der Waals surface area contributed by atoms with E-state index in [0.717, 1.165) is 5.06 Å². The highest BCUT2D eigenvalue weighted by molar-refractivity contribution is 6.31. The van der Waals surface area contributed by atoms with Gasteiger partial charge in [0.15, 0.2) is 0 Å². The summed E-state index contributed by atoms with van der Waals surface area (Å²) < 4.78 is 20.5. The molecule has 0 radical (unpaired) electrons. The number of nitrogens with one attached hydrogen (secondary N) is 2. The van der Waals surface area contributed by atoms with E-state index in [4.69, 9.17) is 33.7 Å². The summed E-state index contributed by atoms with van der Waals surface area (Å²) in [7, 11) is 1.29. The second-order valence-corrected chi connectivity index (χ2v) is 11.0. The van der Waals surface area contributed by atoms with Gasteiger partial charge in [0.2, 0.25) is 5.91 Å². The highest BCUT2D eigenvalue weighted by Gasteiger charge is 2.66. The molecule has 5 atom stereocenters. The molecule has 3 aliphatic rings. The van der Waals surface area contributed by atoms with Crippen molar-refractivity contribution < 1.29 is 23.9 Å². The predicted octanol–water partition coefficient (Wildman–Crippen LogP) is 5.55. The normalized spacial score (nSPS) is 26.8. The molecule has 0 bridgehead atoms. The number of methoxy groups -OCH3 is 1. The SMILES string of the molecule is C.COC(=O)c1ccc(C2C[C@@H]3N[C@@]4(C(=O)Nc5cc(Cl)ccc54)[C@@H](c4cccc(Cl)c4F)[C@@H]3N2O)c(N)c1C. The summed E-state index contributed by atoms with van der Waals surface area (Å²) in [5.74, 6) is -2.41. The van der Waals surface area contributed by atoms with Gasteiger partial charge >= 0.3 is 5.97 Å². The summed E-state index contributed by atoms with van der Waals surface area (Å²) in [6.45, 7) is 1.71. The molecule has 11 heteroatoms. The maximum absolute atomic E-state index is 15.7. The van der Waals surface area contributed by atoms with Crippen LogP contribution in [0.1, 0.15) is 58.4 Å². The largest absolute Gasteiger partial charge is 0.465 e. The van der Waals surface area contributed by atoms with Crippen molar-refractivity contribution in [3.05, 3.63) is 92.2 Å². The number of carbonyl (C=O) groups is 2. The number of carbonyl (C=O) groups excluding carboxylic acids is 2. The maximum atomic E-state index is 15.7. The van der Waals surface area contributed by atoms with Crippen molar-refractivity contribution in [2.75, 3.05) is 18.2 Å². The lowest BCUT2D eigenvalue weighted by Crippen LogP contribution is -2.50. The van der Waals surface area contributed by atoms with Crippen molar-refractivity contribution in [1.29, 1.82) is 0 Å². The number of nitrogens with two attached hydrogens (primary N) is 1. The van der Waals surface area contributed by atoms with Gasteiger partial charge in [0.25, 0.3) is 0 Å². The third-order valence-corrected chi connectivity index (χ3v) is 8.90. The summed E-state index contributed by atoms with van der Waals surface area (Å²) in [6.07, 6.45) is 0.360. The summed E-state index contributed by atoms with van der Waals surface area (Å²) in [5.41, 5.74) is 8.22. The standard InChI is InChI=1S/C28H25Cl2FN4O4.CH4/c1-12-14(26(36)39-2)7-8-15(24(12)32)21-11-20-25(35(21)38)22(16-4-3-5-18(30)23(16)31)28(34-20)17-9-6-13(29)10-19(17)33-27(28)37;/h3-10,20-22,25,34,38H,11,32H2,1-2H3,(H,33,37);1H4/t20-,21?,22-,25+,28+;/m0./s1. The molecule has 3 aromatic rings. The van der Waals surface area contributed by atoms with E-state index in [1.165, 1.54) is 13.2 Å². The van der Waals surface area contributed by atoms with Crippen LogP contribution in [0.25, 0.3) is 0 Å². The Morgan fingerprint density at radius 1 is 1.20 bits per heavy atom. The molecule has 2 saturated heterocycles. The first kappa shape index (κ1) is 28.3. The van der Waals surface area contributed by atoms with Gasteiger partial charge in [-0.25, -0.2) is 9.18 Å². The lowest BCUT2D eigenvalue weighted by molar-refractivity contribution is -0.143. The molecule has 0 saturated carbocycles. The van der Waals surface area contributed by atoms with E-state index >= 15 is 4.39 Å². The van der Waals surface area contributed by atoms with Gasteiger partial charge in [0, 0.05) is 33.9 Å². The van der Waals surface area contributed by atoms with Crippen molar-refractivity contribution >= 4 is 46.5 Å². The lowest BCUT2D eigenvalue weighted by atomic mass is 9.74. The first-order chi connectivity index (χ1) is 18.6. The van der Waals surface area contributed by atoms with Crippen molar-refractivity contribution in [2.24, 2.45) is 0 Å². The van der Waals surface area contributed by atoms with Gasteiger partial charge in [-0.3, -0.25) is 10.1 Å². The molecule has 1 spiro atoms. The monoisotopic (exact) mass is 586 g/mol. The molecule has 2 fully saturated rings. The minimum absolute atomic E-state index is 0. The van der Waals surface area contributed by atoms with E-state index in [1.807, 2.05) is 0 Å². The molecular weight excluding hydrogens is 558 g/mol. The third-order valence-electron chi connectivity index (χ3n) is 8.38. The molecule has 3 heterocycles. The molecule has 0 aromatic heterocycles. The van der Waals surface area contributed by atoms with Crippen molar-refractivity contribution in [1.82, 2.24) is 10.4 Å². The topological polar surface area (TPSA) is 117 Å². The summed E-state index contributed by atoms with van der Waals surface area (Å²) in [4.78, 5) is 25.9. The zero-order valence-electron chi connectivity index (χ0n) is 21.0. The fourth-order valence-corrected chi connectivity index (χ4v) is 6.98. The van der Waals surface area contributed by atoms with Crippen molar-refractivity contribution in [3.63, 3.8) is 0 Å². The fourth-order valence-electron chi connectivity index (χ4n) is 6.63. The Hall–Kier alpha value is -3.21. The van der Waals surface area contributed by atoms with E-state index in [0.29, 0.717) is 45.1 Å². The van der Waals surface area contributed by atoms with E-state index < -0.39 is 41.4 Å². The molecule has 5 N–H and O–H groups in total. The Bertz CT molecular complexity index is 1550. The molecule has 1 amide bonds.